The van der Waals surface area contributed by atoms with Crippen LogP contribution in [0.3, 0.4) is 0 Å². The minimum absolute atomic E-state index is 0.140. The van der Waals surface area contributed by atoms with Crippen LogP contribution < -0.4 is 10.6 Å². The Morgan fingerprint density at radius 2 is 1.33 bits per heavy atom. The van der Waals surface area contributed by atoms with Crippen molar-refractivity contribution < 1.29 is 56.0 Å². The highest BCUT2D eigenvalue weighted by molar-refractivity contribution is 7.86. The number of fused-ring (bicyclic) bond motifs is 1. The first-order valence-corrected chi connectivity index (χ1v) is 16.2. The number of anilines is 4. The number of aromatic nitrogens is 3. The number of nitrogens with one attached hydrogen (secondary N) is 2. The molecule has 1 aromatic heterocycles. The van der Waals surface area contributed by atoms with Gasteiger partial charge in [0.25, 0.3) is 20.2 Å². The summed E-state index contributed by atoms with van der Waals surface area (Å²) in [6.07, 6.45) is 0. The number of hydrogen-bond donors (Lipinski definition) is 8. The first-order chi connectivity index (χ1) is 22.9. The highest BCUT2D eigenvalue weighted by Crippen LogP contribution is 2.45. The normalized spacial score (nSPS) is 11.9. The number of aromatic hydroxyl groups is 2. The van der Waals surface area contributed by atoms with Gasteiger partial charge in [-0.15, -0.1) is 5.11 Å². The van der Waals surface area contributed by atoms with Crippen LogP contribution in [0.5, 0.6) is 11.8 Å². The van der Waals surface area contributed by atoms with Crippen molar-refractivity contribution in [2.75, 3.05) is 10.6 Å². The van der Waals surface area contributed by atoms with Gasteiger partial charge in [0.15, 0.2) is 5.75 Å². The average molecular weight is 732 g/mol. The van der Waals surface area contributed by atoms with E-state index in [2.05, 4.69) is 35.8 Å². The molecule has 0 spiro atoms. The van der Waals surface area contributed by atoms with E-state index < -0.39 is 88.1 Å². The van der Waals surface area contributed by atoms with Crippen LogP contribution in [0, 0.1) is 0 Å². The number of aromatic carboxylic acids is 2. The van der Waals surface area contributed by atoms with Crippen LogP contribution in [-0.2, 0) is 20.2 Å². The summed E-state index contributed by atoms with van der Waals surface area (Å²) >= 11 is 5.86. The average Bonchev–Trinajstić information content (AvgIpc) is 2.99. The van der Waals surface area contributed by atoms with Crippen LogP contribution in [0.25, 0.3) is 10.8 Å². The summed E-state index contributed by atoms with van der Waals surface area (Å²) in [4.78, 5) is 32.4. The van der Waals surface area contributed by atoms with Crippen molar-refractivity contribution in [3.05, 3.63) is 76.8 Å². The lowest BCUT2D eigenvalue weighted by atomic mass is 10.1. The molecule has 0 radical (unpaired) electrons. The summed E-state index contributed by atoms with van der Waals surface area (Å²) in [6.45, 7) is 0. The van der Waals surface area contributed by atoms with Gasteiger partial charge in [0.1, 0.15) is 10.6 Å². The summed E-state index contributed by atoms with van der Waals surface area (Å²) in [5, 5.41) is 52.5. The van der Waals surface area contributed by atoms with Gasteiger partial charge in [-0.3, -0.25) is 9.11 Å². The Balaban J connectivity index is 1.67. The number of hydrogen-bond acceptors (Lipinski definition) is 15. The minimum atomic E-state index is -5.15. The number of carboxylic acid groups (broad SMARTS) is 2. The van der Waals surface area contributed by atoms with Crippen LogP contribution in [0.4, 0.5) is 34.6 Å². The summed E-state index contributed by atoms with van der Waals surface area (Å²) in [6, 6.07) is 10.0. The molecule has 5 aromatic rings. The number of carboxylic acids is 2. The van der Waals surface area contributed by atoms with E-state index in [0.29, 0.717) is 5.02 Å². The van der Waals surface area contributed by atoms with E-state index in [9.17, 15) is 56.0 Å². The number of halogens is 1. The van der Waals surface area contributed by atoms with E-state index in [4.69, 9.17) is 11.6 Å². The van der Waals surface area contributed by atoms with Crippen molar-refractivity contribution in [1.29, 1.82) is 0 Å². The molecule has 0 aliphatic heterocycles. The third kappa shape index (κ3) is 7.77. The maximum Gasteiger partial charge on any atom is 0.335 e. The zero-order valence-electron chi connectivity index (χ0n) is 23.8. The summed E-state index contributed by atoms with van der Waals surface area (Å²) in [5.41, 5.74) is -2.05. The molecule has 0 saturated heterocycles. The Hall–Kier alpha value is -6.00. The molecule has 0 aliphatic carbocycles. The highest BCUT2D eigenvalue weighted by Gasteiger charge is 2.26. The van der Waals surface area contributed by atoms with Gasteiger partial charge in [0, 0.05) is 16.1 Å². The highest BCUT2D eigenvalue weighted by atomic mass is 35.5. The first-order valence-electron chi connectivity index (χ1n) is 13.0. The van der Waals surface area contributed by atoms with Crippen molar-refractivity contribution in [3.63, 3.8) is 0 Å². The lowest BCUT2D eigenvalue weighted by Gasteiger charge is -2.15. The fraction of sp³-hybridized carbons (Fsp3) is 0. The predicted octanol–water partition coefficient (Wildman–Crippen LogP) is 4.88. The zero-order chi connectivity index (χ0) is 35.8. The maximum atomic E-state index is 12.3. The van der Waals surface area contributed by atoms with E-state index in [1.54, 1.807) is 0 Å². The Kier molecular flexibility index (Phi) is 9.04. The molecule has 0 aliphatic rings. The second-order valence-corrected chi connectivity index (χ2v) is 13.0. The van der Waals surface area contributed by atoms with Crippen molar-refractivity contribution in [2.45, 2.75) is 9.79 Å². The smallest absolute Gasteiger partial charge is 0.335 e. The molecular weight excluding hydrogens is 714 g/mol. The molecule has 0 bridgehead atoms. The van der Waals surface area contributed by atoms with Crippen LogP contribution in [0.15, 0.2) is 80.7 Å². The SMILES string of the molecule is O=C(O)c1cc(Nc2nc(O)nc(Nc3cc(S(=O)(=O)O)cc4cc(S(=O)(=O)O)c(/N=N/c5ccc(Cl)cc5)c(O)c34)n2)cc(C(=O)O)c1. The lowest BCUT2D eigenvalue weighted by molar-refractivity contribution is 0.0696. The van der Waals surface area contributed by atoms with Gasteiger partial charge in [0.05, 0.1) is 27.4 Å². The third-order valence-corrected chi connectivity index (χ3v) is 8.29. The quantitative estimate of drug-likeness (QED) is 0.0700. The third-order valence-electron chi connectivity index (χ3n) is 6.34. The Morgan fingerprint density at radius 3 is 1.88 bits per heavy atom. The second-order valence-electron chi connectivity index (χ2n) is 9.71. The number of carbonyl (C=O) groups is 2. The van der Waals surface area contributed by atoms with Gasteiger partial charge in [-0.05, 0) is 66.0 Å². The zero-order valence-corrected chi connectivity index (χ0v) is 26.2. The van der Waals surface area contributed by atoms with Crippen LogP contribution in [0.1, 0.15) is 20.7 Å². The van der Waals surface area contributed by atoms with E-state index in [0.717, 1.165) is 36.4 Å². The Bertz CT molecular complexity index is 2410. The first kappa shape index (κ1) is 34.3. The molecular formula is C27H18ClN7O12S2. The topological polar surface area (TPSA) is 311 Å². The molecule has 4 aromatic carbocycles. The largest absolute Gasteiger partial charge is 0.505 e. The number of phenolic OH excluding ortho intramolecular Hbond substituents is 1. The van der Waals surface area contributed by atoms with Crippen LogP contribution in [0.2, 0.25) is 5.02 Å². The molecule has 252 valence electrons. The molecule has 5 rings (SSSR count). The summed E-state index contributed by atoms with van der Waals surface area (Å²) < 4.78 is 68.6. The lowest BCUT2D eigenvalue weighted by Crippen LogP contribution is -2.07. The molecule has 0 saturated carbocycles. The standard InChI is InChI=1S/C27H18ClN7O12S2/c28-14-1-3-15(4-2-14)34-35-21-19(49(45,46)47)9-11-8-17(48(42,43)44)10-18(20(11)22(21)36)30-26-31-25(32-27(41)33-26)29-16-6-12(23(37)38)5-13(7-16)24(39)40/h1-10,36H,(H,37,38)(H,39,40)(H,42,43,44)(H,45,46,47)(H3,29,30,31,32,33,41)/b35-34+. The van der Waals surface area contributed by atoms with Crippen molar-refractivity contribution in [3.8, 4) is 11.8 Å². The minimum Gasteiger partial charge on any atom is -0.505 e. The van der Waals surface area contributed by atoms with Gasteiger partial charge in [-0.25, -0.2) is 9.59 Å². The predicted molar refractivity (Wildman–Crippen MR) is 169 cm³/mol. The van der Waals surface area contributed by atoms with Crippen LogP contribution in [-0.4, -0.2) is 73.3 Å². The fourth-order valence-electron chi connectivity index (χ4n) is 4.29. The van der Waals surface area contributed by atoms with Crippen molar-refractivity contribution >= 4 is 89.2 Å². The molecule has 0 amide bonds. The van der Waals surface area contributed by atoms with Gasteiger partial charge < -0.3 is 31.1 Å². The number of phenols is 1. The number of benzene rings is 4. The van der Waals surface area contributed by atoms with Gasteiger partial charge in [-0.1, -0.05) is 11.6 Å². The van der Waals surface area contributed by atoms with E-state index in [-0.39, 0.29) is 22.1 Å². The molecule has 8 N–H and O–H groups in total. The Morgan fingerprint density at radius 1 is 0.735 bits per heavy atom. The monoisotopic (exact) mass is 731 g/mol. The Labute approximate surface area is 278 Å². The molecule has 0 atom stereocenters. The molecule has 1 heterocycles. The summed E-state index contributed by atoms with van der Waals surface area (Å²) in [5.74, 6) is -4.93. The summed E-state index contributed by atoms with van der Waals surface area (Å²) in [7, 11) is -10.2. The van der Waals surface area contributed by atoms with Gasteiger partial charge in [0.2, 0.25) is 11.9 Å². The molecule has 19 nitrogen and oxygen atoms in total. The van der Waals surface area contributed by atoms with Crippen LogP contribution >= 0.6 is 11.6 Å². The van der Waals surface area contributed by atoms with E-state index in [1.807, 2.05) is 0 Å². The van der Waals surface area contributed by atoms with Crippen molar-refractivity contribution in [2.24, 2.45) is 10.2 Å². The van der Waals surface area contributed by atoms with Crippen molar-refractivity contribution in [1.82, 2.24) is 15.0 Å². The molecule has 49 heavy (non-hydrogen) atoms. The molecule has 0 unspecified atom stereocenters. The van der Waals surface area contributed by atoms with E-state index in [1.165, 1.54) is 24.3 Å². The van der Waals surface area contributed by atoms with Gasteiger partial charge >= 0.3 is 17.9 Å². The molecule has 22 heteroatoms. The number of rotatable bonds is 10. The van der Waals surface area contributed by atoms with E-state index >= 15 is 0 Å². The fourth-order valence-corrected chi connectivity index (χ4v) is 5.62. The number of nitrogens with zero attached hydrogens (tertiary/aromatic N) is 5. The maximum absolute atomic E-state index is 12.3. The molecule has 0 fully saturated rings. The van der Waals surface area contributed by atoms with Gasteiger partial charge in [-0.2, -0.15) is 36.9 Å². The number of azo groups is 1. The second kappa shape index (κ2) is 12.9.